The van der Waals surface area contributed by atoms with Crippen molar-refractivity contribution in [2.75, 3.05) is 11.9 Å². The first-order chi connectivity index (χ1) is 9.40. The third-order valence-electron chi connectivity index (χ3n) is 3.68. The average Bonchev–Trinajstić information content (AvgIpc) is 2.44. The molecule has 0 radical (unpaired) electrons. The van der Waals surface area contributed by atoms with E-state index < -0.39 is 11.5 Å². The van der Waals surface area contributed by atoms with Crippen molar-refractivity contribution in [2.45, 2.75) is 38.8 Å². The molecule has 0 bridgehead atoms. The lowest BCUT2D eigenvalue weighted by Crippen LogP contribution is -2.62. The Morgan fingerprint density at radius 1 is 1.45 bits per heavy atom. The van der Waals surface area contributed by atoms with Crippen LogP contribution in [0.4, 0.5) is 5.69 Å². The zero-order valence-electron chi connectivity index (χ0n) is 12.3. The second-order valence-electron chi connectivity index (χ2n) is 5.25. The fourth-order valence-electron chi connectivity index (χ4n) is 2.12. The second-order valence-corrected chi connectivity index (χ2v) is 5.25. The Hall–Kier alpha value is -2.04. The molecular formula is C15H20N2O3. The average molecular weight is 276 g/mol. The molecule has 5 heteroatoms. The van der Waals surface area contributed by atoms with Crippen molar-refractivity contribution in [3.63, 3.8) is 0 Å². The van der Waals surface area contributed by atoms with Crippen LogP contribution >= 0.6 is 0 Å². The van der Waals surface area contributed by atoms with Gasteiger partial charge in [-0.15, -0.1) is 0 Å². The first-order valence-electron chi connectivity index (χ1n) is 6.77. The van der Waals surface area contributed by atoms with Crippen molar-refractivity contribution in [1.82, 2.24) is 5.32 Å². The minimum absolute atomic E-state index is 0.00167. The first-order valence-corrected chi connectivity index (χ1v) is 6.77. The number of carbonyl (C=O) groups is 2. The number of fused-ring (bicyclic) bond motifs is 1. The van der Waals surface area contributed by atoms with Crippen LogP contribution in [-0.4, -0.2) is 30.5 Å². The quantitative estimate of drug-likeness (QED) is 0.855. The Labute approximate surface area is 118 Å². The van der Waals surface area contributed by atoms with Gasteiger partial charge < -0.3 is 15.0 Å². The molecule has 1 aromatic rings. The molecule has 1 aliphatic rings. The summed E-state index contributed by atoms with van der Waals surface area (Å²) >= 11 is 0. The number of likely N-dealkylation sites (N-methyl/N-ethyl adjacent to an activating group) is 1. The molecule has 2 atom stereocenters. The third kappa shape index (κ3) is 2.24. The summed E-state index contributed by atoms with van der Waals surface area (Å²) in [4.78, 5) is 26.3. The van der Waals surface area contributed by atoms with E-state index in [-0.39, 0.29) is 11.9 Å². The highest BCUT2D eigenvalue weighted by Gasteiger charge is 2.49. The van der Waals surface area contributed by atoms with E-state index in [0.717, 1.165) is 6.42 Å². The maximum absolute atomic E-state index is 12.5. The molecule has 1 aromatic carbocycles. The highest BCUT2D eigenvalue weighted by Crippen LogP contribution is 2.36. The van der Waals surface area contributed by atoms with Crippen LogP contribution in [0.5, 0.6) is 5.75 Å². The smallest absolute Gasteiger partial charge is 0.280 e. The molecule has 2 rings (SSSR count). The lowest BCUT2D eigenvalue weighted by molar-refractivity contribution is -0.148. The van der Waals surface area contributed by atoms with Crippen molar-refractivity contribution in [3.05, 3.63) is 24.3 Å². The number of para-hydroxylation sites is 2. The first kappa shape index (κ1) is 14.4. The molecule has 0 fully saturated rings. The minimum Gasteiger partial charge on any atom is -0.466 e. The molecule has 2 amide bonds. The Bertz CT molecular complexity index is 544. The van der Waals surface area contributed by atoms with Gasteiger partial charge in [-0.05, 0) is 32.4 Å². The van der Waals surface area contributed by atoms with Gasteiger partial charge >= 0.3 is 0 Å². The summed E-state index contributed by atoms with van der Waals surface area (Å²) < 4.78 is 5.71. The Morgan fingerprint density at radius 3 is 2.75 bits per heavy atom. The van der Waals surface area contributed by atoms with Gasteiger partial charge in [0.2, 0.25) is 0 Å². The molecule has 1 N–H and O–H groups in total. The highest BCUT2D eigenvalue weighted by atomic mass is 16.5. The maximum Gasteiger partial charge on any atom is 0.280 e. The molecule has 2 unspecified atom stereocenters. The van der Waals surface area contributed by atoms with Crippen LogP contribution in [0.1, 0.15) is 27.2 Å². The van der Waals surface area contributed by atoms with Crippen LogP contribution in [-0.2, 0) is 9.59 Å². The molecule has 0 aliphatic carbocycles. The molecule has 1 aliphatic heterocycles. The van der Waals surface area contributed by atoms with Gasteiger partial charge in [0.1, 0.15) is 5.75 Å². The minimum atomic E-state index is -1.52. The Kier molecular flexibility index (Phi) is 3.70. The molecule has 0 aromatic heterocycles. The van der Waals surface area contributed by atoms with Gasteiger partial charge in [-0.2, -0.15) is 0 Å². The van der Waals surface area contributed by atoms with Crippen LogP contribution in [0.25, 0.3) is 0 Å². The lowest BCUT2D eigenvalue weighted by atomic mass is 10.00. The van der Waals surface area contributed by atoms with Crippen molar-refractivity contribution in [3.8, 4) is 5.75 Å². The summed E-state index contributed by atoms with van der Waals surface area (Å²) in [5.41, 5.74) is -0.849. The van der Waals surface area contributed by atoms with Crippen LogP contribution < -0.4 is 15.0 Å². The molecule has 0 spiro atoms. The predicted octanol–water partition coefficient (Wildman–Crippen LogP) is 1.72. The van der Waals surface area contributed by atoms with Gasteiger partial charge in [0, 0.05) is 13.1 Å². The molecule has 20 heavy (non-hydrogen) atoms. The third-order valence-corrected chi connectivity index (χ3v) is 3.68. The monoisotopic (exact) mass is 276 g/mol. The van der Waals surface area contributed by atoms with Crippen molar-refractivity contribution in [2.24, 2.45) is 0 Å². The summed E-state index contributed by atoms with van der Waals surface area (Å²) in [6.45, 7) is 5.38. The number of rotatable bonds is 3. The number of ether oxygens (including phenoxy) is 1. The van der Waals surface area contributed by atoms with Crippen molar-refractivity contribution in [1.29, 1.82) is 0 Å². The van der Waals surface area contributed by atoms with Crippen LogP contribution in [0.2, 0.25) is 0 Å². The Morgan fingerprint density at radius 2 is 2.10 bits per heavy atom. The van der Waals surface area contributed by atoms with Crippen LogP contribution in [0, 0.1) is 0 Å². The van der Waals surface area contributed by atoms with Gasteiger partial charge in [0.15, 0.2) is 0 Å². The van der Waals surface area contributed by atoms with Crippen molar-refractivity contribution < 1.29 is 14.3 Å². The van der Waals surface area contributed by atoms with E-state index in [1.54, 1.807) is 19.2 Å². The fraction of sp³-hybridized carbons (Fsp3) is 0.467. The number of amides is 2. The number of nitrogens with one attached hydrogen (secondary N) is 1. The number of benzene rings is 1. The van der Waals surface area contributed by atoms with E-state index in [1.165, 1.54) is 11.8 Å². The number of nitrogens with zero attached hydrogens (tertiary/aromatic N) is 1. The van der Waals surface area contributed by atoms with E-state index in [0.29, 0.717) is 11.4 Å². The number of carbonyl (C=O) groups excluding carboxylic acids is 2. The molecule has 0 saturated carbocycles. The fourth-order valence-corrected chi connectivity index (χ4v) is 2.12. The van der Waals surface area contributed by atoms with E-state index in [9.17, 15) is 9.59 Å². The summed E-state index contributed by atoms with van der Waals surface area (Å²) in [6, 6.07) is 7.19. The molecule has 0 saturated heterocycles. The van der Waals surface area contributed by atoms with Gasteiger partial charge in [-0.3, -0.25) is 9.59 Å². The maximum atomic E-state index is 12.5. The number of anilines is 1. The molecular weight excluding hydrogens is 256 g/mol. The van der Waals surface area contributed by atoms with E-state index in [1.807, 2.05) is 26.0 Å². The van der Waals surface area contributed by atoms with Gasteiger partial charge in [0.25, 0.3) is 17.4 Å². The summed E-state index contributed by atoms with van der Waals surface area (Å²) in [7, 11) is 1.65. The summed E-state index contributed by atoms with van der Waals surface area (Å²) in [5.74, 6) is -0.230. The van der Waals surface area contributed by atoms with E-state index in [4.69, 9.17) is 4.74 Å². The highest BCUT2D eigenvalue weighted by molar-refractivity contribution is 6.16. The van der Waals surface area contributed by atoms with E-state index in [2.05, 4.69) is 5.32 Å². The summed E-state index contributed by atoms with van der Waals surface area (Å²) in [5, 5.41) is 2.81. The topological polar surface area (TPSA) is 58.6 Å². The normalized spacial score (nSPS) is 22.8. The van der Waals surface area contributed by atoms with E-state index >= 15 is 0 Å². The largest absolute Gasteiger partial charge is 0.466 e. The zero-order chi connectivity index (χ0) is 14.9. The summed E-state index contributed by atoms with van der Waals surface area (Å²) in [6.07, 6.45) is 0.794. The molecule has 5 nitrogen and oxygen atoms in total. The number of hydrogen-bond donors (Lipinski definition) is 1. The SMILES string of the molecule is CCC(C)NC(=O)C1(C)Oc2ccccc2N(C)C1=O. The second kappa shape index (κ2) is 5.15. The molecule has 1 heterocycles. The lowest BCUT2D eigenvalue weighted by Gasteiger charge is -2.38. The predicted molar refractivity (Wildman–Crippen MR) is 76.8 cm³/mol. The van der Waals surface area contributed by atoms with Crippen LogP contribution in [0.15, 0.2) is 24.3 Å². The standard InChI is InChI=1S/C15H20N2O3/c1-5-10(2)16-13(18)15(3)14(19)17(4)11-8-6-7-9-12(11)20-15/h6-10H,5H2,1-4H3,(H,16,18). The van der Waals surface area contributed by atoms with Gasteiger partial charge in [-0.25, -0.2) is 0 Å². The van der Waals surface area contributed by atoms with Gasteiger partial charge in [-0.1, -0.05) is 19.1 Å². The Balaban J connectivity index is 2.34. The molecule has 108 valence electrons. The number of hydrogen-bond acceptors (Lipinski definition) is 3. The zero-order valence-corrected chi connectivity index (χ0v) is 12.3. The van der Waals surface area contributed by atoms with Gasteiger partial charge in [0.05, 0.1) is 5.69 Å². The van der Waals surface area contributed by atoms with Crippen molar-refractivity contribution >= 4 is 17.5 Å². The van der Waals surface area contributed by atoms with Crippen LogP contribution in [0.3, 0.4) is 0 Å².